The predicted molar refractivity (Wildman–Crippen MR) is 76.5 cm³/mol. The maximum Gasteiger partial charge on any atom is 0.311 e. The topological polar surface area (TPSA) is 77.3 Å². The molecule has 7 heteroatoms. The number of fused-ring (bicyclic) bond motifs is 1. The molecule has 0 aliphatic carbocycles. The van der Waals surface area contributed by atoms with Gasteiger partial charge in [-0.05, 0) is 18.2 Å². The fourth-order valence-electron chi connectivity index (χ4n) is 1.76. The lowest BCUT2D eigenvalue weighted by molar-refractivity contribution is -0.384. The Morgan fingerprint density at radius 3 is 3.00 bits per heavy atom. The summed E-state index contributed by atoms with van der Waals surface area (Å²) in [6, 6.07) is 5.47. The summed E-state index contributed by atoms with van der Waals surface area (Å²) in [7, 11) is 1.58. The average Bonchev–Trinajstić information content (AvgIpc) is 2.38. The van der Waals surface area contributed by atoms with Crippen LogP contribution in [0.2, 0.25) is 0 Å². The van der Waals surface area contributed by atoms with E-state index in [1.165, 1.54) is 6.20 Å². The lowest BCUT2D eigenvalue weighted by atomic mass is 10.1. The number of anilines is 1. The van der Waals surface area contributed by atoms with Crippen molar-refractivity contribution in [3.8, 4) is 0 Å². The zero-order valence-electron chi connectivity index (χ0n) is 10.2. The maximum absolute atomic E-state index is 11.1. The van der Waals surface area contributed by atoms with Gasteiger partial charge in [0, 0.05) is 23.5 Å². The number of methoxy groups -OCH3 is 1. The lowest BCUT2D eigenvalue weighted by Crippen LogP contribution is -2.10. The van der Waals surface area contributed by atoms with Crippen LogP contribution >= 0.6 is 15.9 Å². The van der Waals surface area contributed by atoms with Crippen molar-refractivity contribution in [1.82, 2.24) is 4.98 Å². The molecule has 0 amide bonds. The molecule has 2 aromatic rings. The summed E-state index contributed by atoms with van der Waals surface area (Å²) in [6.45, 7) is 0.956. The van der Waals surface area contributed by atoms with Gasteiger partial charge in [0.15, 0.2) is 0 Å². The molecule has 0 bridgehead atoms. The number of rotatable bonds is 5. The molecule has 0 spiro atoms. The summed E-state index contributed by atoms with van der Waals surface area (Å²) >= 11 is 3.36. The first-order valence-corrected chi connectivity index (χ1v) is 6.38. The van der Waals surface area contributed by atoms with Crippen molar-refractivity contribution in [2.75, 3.05) is 25.6 Å². The third-order valence-electron chi connectivity index (χ3n) is 2.61. The minimum absolute atomic E-state index is 0.0401. The normalized spacial score (nSPS) is 10.6. The third kappa shape index (κ3) is 2.99. The van der Waals surface area contributed by atoms with Crippen LogP contribution in [0.1, 0.15) is 0 Å². The predicted octanol–water partition coefficient (Wildman–Crippen LogP) is 2.96. The number of pyridine rings is 1. The Morgan fingerprint density at radius 1 is 1.53 bits per heavy atom. The Morgan fingerprint density at radius 2 is 2.32 bits per heavy atom. The zero-order valence-corrected chi connectivity index (χ0v) is 11.8. The molecular weight excluding hydrogens is 314 g/mol. The van der Waals surface area contributed by atoms with Crippen LogP contribution in [-0.4, -0.2) is 30.2 Å². The van der Waals surface area contributed by atoms with Crippen molar-refractivity contribution < 1.29 is 9.66 Å². The van der Waals surface area contributed by atoms with Gasteiger partial charge in [0.05, 0.1) is 17.0 Å². The Bertz CT molecular complexity index is 618. The quantitative estimate of drug-likeness (QED) is 0.519. The standard InChI is InChI=1S/C12H12BrN3O3/c1-19-5-4-14-12-9-6-8(13)2-3-10(9)15-7-11(12)16(17)18/h2-3,6-7H,4-5H2,1H3,(H,14,15). The molecule has 0 aliphatic heterocycles. The van der Waals surface area contributed by atoms with Crippen LogP contribution in [0.4, 0.5) is 11.4 Å². The van der Waals surface area contributed by atoms with Crippen LogP contribution in [0.3, 0.4) is 0 Å². The molecule has 1 aromatic carbocycles. The third-order valence-corrected chi connectivity index (χ3v) is 3.11. The Balaban J connectivity index is 2.54. The zero-order chi connectivity index (χ0) is 13.8. The molecule has 0 radical (unpaired) electrons. The van der Waals surface area contributed by atoms with Crippen molar-refractivity contribution in [3.63, 3.8) is 0 Å². The monoisotopic (exact) mass is 325 g/mol. The van der Waals surface area contributed by atoms with Crippen LogP contribution in [-0.2, 0) is 4.74 Å². The molecule has 1 heterocycles. The van der Waals surface area contributed by atoms with Gasteiger partial charge < -0.3 is 10.1 Å². The molecule has 0 aliphatic rings. The van der Waals surface area contributed by atoms with E-state index in [2.05, 4.69) is 26.2 Å². The molecular formula is C12H12BrN3O3. The number of hydrogen-bond acceptors (Lipinski definition) is 5. The van der Waals surface area contributed by atoms with Gasteiger partial charge in [-0.2, -0.15) is 0 Å². The van der Waals surface area contributed by atoms with Gasteiger partial charge in [0.25, 0.3) is 0 Å². The highest BCUT2D eigenvalue weighted by atomic mass is 79.9. The Labute approximate surface area is 118 Å². The maximum atomic E-state index is 11.1. The fraction of sp³-hybridized carbons (Fsp3) is 0.250. The molecule has 6 nitrogen and oxygen atoms in total. The number of aromatic nitrogens is 1. The van der Waals surface area contributed by atoms with Gasteiger partial charge in [0.1, 0.15) is 11.9 Å². The van der Waals surface area contributed by atoms with Crippen LogP contribution < -0.4 is 5.32 Å². The van der Waals surface area contributed by atoms with Gasteiger partial charge in [0.2, 0.25) is 0 Å². The van der Waals surface area contributed by atoms with Gasteiger partial charge in [-0.1, -0.05) is 15.9 Å². The highest BCUT2D eigenvalue weighted by molar-refractivity contribution is 9.10. The van der Waals surface area contributed by atoms with Gasteiger partial charge in [-0.3, -0.25) is 10.1 Å². The van der Waals surface area contributed by atoms with Gasteiger partial charge >= 0.3 is 5.69 Å². The van der Waals surface area contributed by atoms with Crippen molar-refractivity contribution in [2.24, 2.45) is 0 Å². The lowest BCUT2D eigenvalue weighted by Gasteiger charge is -2.09. The average molecular weight is 326 g/mol. The Hall–Kier alpha value is -1.73. The summed E-state index contributed by atoms with van der Waals surface area (Å²) in [6.07, 6.45) is 1.27. The van der Waals surface area contributed by atoms with Crippen molar-refractivity contribution in [2.45, 2.75) is 0 Å². The van der Waals surface area contributed by atoms with E-state index in [9.17, 15) is 10.1 Å². The summed E-state index contributed by atoms with van der Waals surface area (Å²) < 4.78 is 5.79. The minimum atomic E-state index is -0.442. The minimum Gasteiger partial charge on any atom is -0.383 e. The highest BCUT2D eigenvalue weighted by Crippen LogP contribution is 2.32. The molecule has 0 saturated heterocycles. The van der Waals surface area contributed by atoms with Crippen LogP contribution in [0.5, 0.6) is 0 Å². The van der Waals surface area contributed by atoms with Crippen LogP contribution in [0.25, 0.3) is 10.9 Å². The van der Waals surface area contributed by atoms with E-state index in [1.54, 1.807) is 7.11 Å². The van der Waals surface area contributed by atoms with E-state index in [1.807, 2.05) is 18.2 Å². The molecule has 19 heavy (non-hydrogen) atoms. The highest BCUT2D eigenvalue weighted by Gasteiger charge is 2.17. The molecule has 1 N–H and O–H groups in total. The summed E-state index contributed by atoms with van der Waals surface area (Å²) in [5.41, 5.74) is 1.13. The first kappa shape index (κ1) is 13.7. The van der Waals surface area contributed by atoms with Crippen LogP contribution in [0, 0.1) is 10.1 Å². The first-order valence-electron chi connectivity index (χ1n) is 5.59. The smallest absolute Gasteiger partial charge is 0.311 e. The second-order valence-corrected chi connectivity index (χ2v) is 4.77. The molecule has 0 saturated carbocycles. The van der Waals surface area contributed by atoms with Crippen LogP contribution in [0.15, 0.2) is 28.9 Å². The first-order chi connectivity index (χ1) is 9.13. The van der Waals surface area contributed by atoms with E-state index in [4.69, 9.17) is 4.74 Å². The molecule has 0 atom stereocenters. The summed E-state index contributed by atoms with van der Waals surface area (Å²) in [5, 5.41) is 14.8. The second kappa shape index (κ2) is 5.94. The van der Waals surface area contributed by atoms with E-state index in [-0.39, 0.29) is 5.69 Å². The van der Waals surface area contributed by atoms with E-state index >= 15 is 0 Å². The van der Waals surface area contributed by atoms with E-state index < -0.39 is 4.92 Å². The van der Waals surface area contributed by atoms with E-state index in [0.717, 1.165) is 4.47 Å². The SMILES string of the molecule is COCCNc1c([N+](=O)[O-])cnc2ccc(Br)cc12. The summed E-state index contributed by atoms with van der Waals surface area (Å²) in [5.74, 6) is 0. The molecule has 1 aromatic heterocycles. The second-order valence-electron chi connectivity index (χ2n) is 3.86. The molecule has 2 rings (SSSR count). The number of benzene rings is 1. The molecule has 100 valence electrons. The Kier molecular flexibility index (Phi) is 4.28. The number of nitrogens with zero attached hydrogens (tertiary/aromatic N) is 2. The number of nitrogens with one attached hydrogen (secondary N) is 1. The fourth-order valence-corrected chi connectivity index (χ4v) is 2.12. The van der Waals surface area contributed by atoms with Gasteiger partial charge in [-0.15, -0.1) is 0 Å². The summed E-state index contributed by atoms with van der Waals surface area (Å²) in [4.78, 5) is 14.7. The number of ether oxygens (including phenoxy) is 1. The van der Waals surface area contributed by atoms with Crippen molar-refractivity contribution >= 4 is 38.2 Å². The molecule has 0 unspecified atom stereocenters. The number of halogens is 1. The number of nitro groups is 1. The van der Waals surface area contributed by atoms with E-state index in [0.29, 0.717) is 29.7 Å². The van der Waals surface area contributed by atoms with Crippen molar-refractivity contribution in [3.05, 3.63) is 39.0 Å². The number of hydrogen-bond donors (Lipinski definition) is 1. The largest absolute Gasteiger partial charge is 0.383 e. The van der Waals surface area contributed by atoms with Gasteiger partial charge in [-0.25, -0.2) is 4.98 Å². The molecule has 0 fully saturated rings. The van der Waals surface area contributed by atoms with Crippen molar-refractivity contribution in [1.29, 1.82) is 0 Å².